The van der Waals surface area contributed by atoms with E-state index >= 15 is 0 Å². The highest BCUT2D eigenvalue weighted by molar-refractivity contribution is 6.03. The van der Waals surface area contributed by atoms with E-state index in [9.17, 15) is 19.4 Å². The van der Waals surface area contributed by atoms with Crippen molar-refractivity contribution in [2.24, 2.45) is 0 Å². The second-order valence-electron chi connectivity index (χ2n) is 6.85. The average Bonchev–Trinajstić information content (AvgIpc) is 3.07. The van der Waals surface area contributed by atoms with Crippen molar-refractivity contribution >= 4 is 17.2 Å². The Morgan fingerprint density at radius 1 is 1.33 bits per heavy atom. The fourth-order valence-corrected chi connectivity index (χ4v) is 2.59. The quantitative estimate of drug-likeness (QED) is 0.497. The summed E-state index contributed by atoms with van der Waals surface area (Å²) >= 11 is 0. The van der Waals surface area contributed by atoms with Crippen LogP contribution >= 0.6 is 0 Å². The third-order valence-corrected chi connectivity index (χ3v) is 4.13. The second kappa shape index (κ2) is 7.43. The summed E-state index contributed by atoms with van der Waals surface area (Å²) in [6.45, 7) is 3.24. The third-order valence-electron chi connectivity index (χ3n) is 4.13. The fraction of sp³-hybridized carbons (Fsp3) is 0.263. The van der Waals surface area contributed by atoms with Crippen molar-refractivity contribution in [2.75, 3.05) is 11.9 Å². The maximum atomic E-state index is 14.2. The lowest BCUT2D eigenvalue weighted by molar-refractivity contribution is 0.0739. The van der Waals surface area contributed by atoms with E-state index in [1.165, 1.54) is 18.3 Å². The van der Waals surface area contributed by atoms with Crippen LogP contribution in [0.3, 0.4) is 0 Å². The minimum atomic E-state index is -1.14. The summed E-state index contributed by atoms with van der Waals surface area (Å²) in [5.74, 6) is -1.16. The summed E-state index contributed by atoms with van der Waals surface area (Å²) in [5.41, 5.74) is 0.420. The van der Waals surface area contributed by atoms with Gasteiger partial charge in [0.05, 0.1) is 18.5 Å². The van der Waals surface area contributed by atoms with Gasteiger partial charge in [-0.15, -0.1) is 0 Å². The molecule has 1 unspecified atom stereocenters. The summed E-state index contributed by atoms with van der Waals surface area (Å²) in [4.78, 5) is 16.7. The predicted octanol–water partition coefficient (Wildman–Crippen LogP) is 2.08. The third kappa shape index (κ3) is 4.13. The highest BCUT2D eigenvalue weighted by atomic mass is 19.1. The van der Waals surface area contributed by atoms with Crippen molar-refractivity contribution in [1.82, 2.24) is 14.7 Å². The zero-order valence-corrected chi connectivity index (χ0v) is 15.0. The molecule has 3 rings (SSSR count). The molecule has 0 saturated heterocycles. The van der Waals surface area contributed by atoms with Crippen LogP contribution < -0.4 is 10.6 Å². The lowest BCUT2D eigenvalue weighted by Crippen LogP contribution is -2.44. The average molecular weight is 372 g/mol. The van der Waals surface area contributed by atoms with Gasteiger partial charge in [-0.2, -0.15) is 0 Å². The van der Waals surface area contributed by atoms with Gasteiger partial charge in [0.15, 0.2) is 0 Å². The van der Waals surface area contributed by atoms with Crippen molar-refractivity contribution in [1.29, 1.82) is 0 Å². The van der Waals surface area contributed by atoms with Crippen molar-refractivity contribution in [3.05, 3.63) is 65.9 Å². The van der Waals surface area contributed by atoms with E-state index in [-0.39, 0.29) is 18.0 Å². The number of imidazole rings is 1. The number of nitrogens with zero attached hydrogens (tertiary/aromatic N) is 2. The van der Waals surface area contributed by atoms with Gasteiger partial charge in [0, 0.05) is 11.7 Å². The Kier molecular flexibility index (Phi) is 5.22. The zero-order chi connectivity index (χ0) is 19.6. The number of nitrogens with one attached hydrogen (secondary N) is 2. The number of amides is 1. The molecule has 4 N–H and O–H groups in total. The van der Waals surface area contributed by atoms with Crippen molar-refractivity contribution in [3.63, 3.8) is 0 Å². The van der Waals surface area contributed by atoms with Gasteiger partial charge in [0.25, 0.3) is 5.91 Å². The van der Waals surface area contributed by atoms with Gasteiger partial charge in [-0.25, -0.2) is 9.37 Å². The molecule has 1 atom stereocenters. The van der Waals surface area contributed by atoms with Crippen LogP contribution in [0.5, 0.6) is 0 Å². The molecule has 0 fully saturated rings. The molecule has 0 aliphatic heterocycles. The van der Waals surface area contributed by atoms with Crippen LogP contribution in [-0.2, 0) is 0 Å². The number of carbonyl (C=O) groups is 1. The Balaban J connectivity index is 1.83. The summed E-state index contributed by atoms with van der Waals surface area (Å²) in [6, 6.07) is 9.23. The fourth-order valence-electron chi connectivity index (χ4n) is 2.59. The lowest BCUT2D eigenvalue weighted by Gasteiger charge is -2.27. The van der Waals surface area contributed by atoms with E-state index in [0.29, 0.717) is 11.2 Å². The first-order valence-electron chi connectivity index (χ1n) is 8.40. The number of fused-ring (bicyclic) bond motifs is 1. The maximum Gasteiger partial charge on any atom is 0.274 e. The first-order valence-corrected chi connectivity index (χ1v) is 8.40. The maximum absolute atomic E-state index is 14.2. The minimum Gasteiger partial charge on any atom is -0.394 e. The topological polar surface area (TPSA) is 98.9 Å². The van der Waals surface area contributed by atoms with Gasteiger partial charge in [-0.1, -0.05) is 12.1 Å². The molecule has 1 amide bonds. The monoisotopic (exact) mass is 372 g/mol. The van der Waals surface area contributed by atoms with Crippen molar-refractivity contribution < 1.29 is 19.4 Å². The normalized spacial score (nSPS) is 12.9. The molecule has 8 heteroatoms. The molecule has 1 aromatic carbocycles. The number of pyridine rings is 1. The van der Waals surface area contributed by atoms with Crippen LogP contribution in [0.4, 0.5) is 10.1 Å². The molecule has 0 aliphatic rings. The molecule has 0 bridgehead atoms. The number of aliphatic hydroxyl groups excluding tert-OH is 2. The van der Waals surface area contributed by atoms with Crippen molar-refractivity contribution in [2.45, 2.75) is 25.6 Å². The number of rotatable bonds is 6. The van der Waals surface area contributed by atoms with Gasteiger partial charge < -0.3 is 15.5 Å². The molecule has 0 aliphatic carbocycles. The molecule has 0 radical (unpaired) electrons. The molecular formula is C19H21FN4O3. The Hall–Kier alpha value is -2.81. The standard InChI is InChI=1S/C19H21FN4O3/c1-19(2,11-25)23-17(26)12-6-7-13(20)14(9-12)22-18(27)15-10-21-16-5-3-4-8-24(15)16/h3-10,17,23,25-26H,11H2,1-2H3,(H,22,27). The van der Waals surface area contributed by atoms with Crippen LogP contribution in [-0.4, -0.2) is 37.7 Å². The van der Waals surface area contributed by atoms with E-state index in [1.54, 1.807) is 42.6 Å². The van der Waals surface area contributed by atoms with Crippen LogP contribution in [0.15, 0.2) is 48.8 Å². The molecule has 7 nitrogen and oxygen atoms in total. The number of benzene rings is 1. The zero-order valence-electron chi connectivity index (χ0n) is 15.0. The van der Waals surface area contributed by atoms with Crippen LogP contribution in [0.25, 0.3) is 5.65 Å². The van der Waals surface area contributed by atoms with Gasteiger partial charge in [-0.05, 0) is 43.7 Å². The van der Waals surface area contributed by atoms with Crippen molar-refractivity contribution in [3.8, 4) is 0 Å². The van der Waals surface area contributed by atoms with Crippen LogP contribution in [0.1, 0.15) is 36.1 Å². The molecule has 2 aromatic heterocycles. The van der Waals surface area contributed by atoms with Gasteiger partial charge in [0.1, 0.15) is 23.4 Å². The Labute approximate surface area is 155 Å². The SMILES string of the molecule is CC(C)(CO)NC(O)c1ccc(F)c(NC(=O)c2cnc3ccccn23)c1. The molecule has 2 heterocycles. The highest BCUT2D eigenvalue weighted by Gasteiger charge is 2.22. The number of aliphatic hydroxyl groups is 2. The lowest BCUT2D eigenvalue weighted by atomic mass is 10.1. The number of hydrogen-bond donors (Lipinski definition) is 4. The van der Waals surface area contributed by atoms with Gasteiger partial charge in [-0.3, -0.25) is 14.5 Å². The Morgan fingerprint density at radius 3 is 2.85 bits per heavy atom. The first-order chi connectivity index (χ1) is 12.8. The molecule has 0 saturated carbocycles. The summed E-state index contributed by atoms with van der Waals surface area (Å²) in [6.07, 6.45) is 1.96. The highest BCUT2D eigenvalue weighted by Crippen LogP contribution is 2.22. The molecule has 142 valence electrons. The van der Waals surface area contributed by atoms with E-state index in [0.717, 1.165) is 6.07 Å². The van der Waals surface area contributed by atoms with Crippen LogP contribution in [0.2, 0.25) is 0 Å². The van der Waals surface area contributed by atoms with Gasteiger partial charge >= 0.3 is 0 Å². The second-order valence-corrected chi connectivity index (χ2v) is 6.85. The number of aromatic nitrogens is 2. The number of hydrogen-bond acceptors (Lipinski definition) is 5. The molecule has 3 aromatic rings. The molecule has 27 heavy (non-hydrogen) atoms. The smallest absolute Gasteiger partial charge is 0.274 e. The first kappa shape index (κ1) is 19.0. The predicted molar refractivity (Wildman–Crippen MR) is 98.8 cm³/mol. The van der Waals surface area contributed by atoms with Crippen LogP contribution in [0, 0.1) is 5.82 Å². The number of halogens is 1. The number of carbonyl (C=O) groups excluding carboxylic acids is 1. The van der Waals surface area contributed by atoms with Gasteiger partial charge in [0.2, 0.25) is 0 Å². The number of anilines is 1. The summed E-state index contributed by atoms with van der Waals surface area (Å²) in [7, 11) is 0. The van der Waals surface area contributed by atoms with E-state index in [2.05, 4.69) is 15.6 Å². The molecular weight excluding hydrogens is 351 g/mol. The Morgan fingerprint density at radius 2 is 2.11 bits per heavy atom. The van der Waals surface area contributed by atoms with E-state index in [4.69, 9.17) is 0 Å². The van der Waals surface area contributed by atoms with E-state index < -0.39 is 23.5 Å². The van der Waals surface area contributed by atoms with E-state index in [1.807, 2.05) is 0 Å². The molecule has 0 spiro atoms. The summed E-state index contributed by atoms with van der Waals surface area (Å²) < 4.78 is 15.8. The summed E-state index contributed by atoms with van der Waals surface area (Å²) in [5, 5.41) is 24.9. The largest absolute Gasteiger partial charge is 0.394 e. The minimum absolute atomic E-state index is 0.0639. The Bertz CT molecular complexity index is 970.